The Bertz CT molecular complexity index is 3250. The highest BCUT2D eigenvalue weighted by Crippen LogP contribution is 2.56. The van der Waals surface area contributed by atoms with Crippen molar-refractivity contribution < 1.29 is 4.42 Å². The van der Waals surface area contributed by atoms with Crippen LogP contribution in [0.4, 0.5) is 17.1 Å². The van der Waals surface area contributed by atoms with Gasteiger partial charge in [-0.25, -0.2) is 0 Å². The Morgan fingerprint density at radius 1 is 0.350 bits per heavy atom. The van der Waals surface area contributed by atoms with E-state index < -0.39 is 5.41 Å². The fourth-order valence-corrected chi connectivity index (χ4v) is 10.6. The van der Waals surface area contributed by atoms with Gasteiger partial charge in [0.1, 0.15) is 11.2 Å². The van der Waals surface area contributed by atoms with Gasteiger partial charge in [-0.15, -0.1) is 0 Å². The van der Waals surface area contributed by atoms with Gasteiger partial charge in [-0.3, -0.25) is 0 Å². The molecule has 9 aromatic carbocycles. The van der Waals surface area contributed by atoms with Crippen LogP contribution in [0.3, 0.4) is 0 Å². The quantitative estimate of drug-likeness (QED) is 0.168. The topological polar surface area (TPSA) is 16.4 Å². The third-order valence-electron chi connectivity index (χ3n) is 13.3. The summed E-state index contributed by atoms with van der Waals surface area (Å²) in [5.74, 6) is 0. The smallest absolute Gasteiger partial charge is 0.137 e. The third kappa shape index (κ3) is 4.94. The van der Waals surface area contributed by atoms with Crippen molar-refractivity contribution in [2.45, 2.75) is 24.7 Å². The molecule has 2 aliphatic rings. The largest absolute Gasteiger partial charge is 0.456 e. The van der Waals surface area contributed by atoms with Crippen LogP contribution < -0.4 is 4.90 Å². The van der Waals surface area contributed by atoms with Gasteiger partial charge in [-0.1, -0.05) is 166 Å². The second kappa shape index (κ2) is 13.0. The van der Waals surface area contributed by atoms with Gasteiger partial charge in [0.15, 0.2) is 0 Å². The summed E-state index contributed by atoms with van der Waals surface area (Å²) < 4.78 is 6.81. The molecule has 1 aromatic heterocycles. The number of hydrogen-bond donors (Lipinski definition) is 0. The lowest BCUT2D eigenvalue weighted by Gasteiger charge is -2.34. The molecule has 0 bridgehead atoms. The summed E-state index contributed by atoms with van der Waals surface area (Å²) in [4.78, 5) is 2.35. The minimum absolute atomic E-state index is 0.0988. The first-order valence-electron chi connectivity index (χ1n) is 20.9. The van der Waals surface area contributed by atoms with E-state index in [4.69, 9.17) is 4.42 Å². The lowest BCUT2D eigenvalue weighted by molar-refractivity contribution is 0.660. The van der Waals surface area contributed by atoms with Crippen LogP contribution in [-0.2, 0) is 10.8 Å². The van der Waals surface area contributed by atoms with Crippen LogP contribution >= 0.6 is 0 Å². The molecule has 2 nitrogen and oxygen atoms in total. The fraction of sp³-hybridized carbons (Fsp3) is 0.0690. The number of anilines is 3. The van der Waals surface area contributed by atoms with E-state index in [1.807, 2.05) is 0 Å². The lowest BCUT2D eigenvalue weighted by Crippen LogP contribution is -2.28. The van der Waals surface area contributed by atoms with Gasteiger partial charge in [0, 0.05) is 39.3 Å². The van der Waals surface area contributed by atoms with E-state index in [1.54, 1.807) is 0 Å². The minimum atomic E-state index is -0.451. The molecule has 10 aromatic rings. The van der Waals surface area contributed by atoms with E-state index in [-0.39, 0.29) is 5.41 Å². The lowest BCUT2D eigenvalue weighted by atomic mass is 9.67. The molecule has 0 radical (unpaired) electrons. The van der Waals surface area contributed by atoms with E-state index in [0.717, 1.165) is 50.1 Å². The number of nitrogens with zero attached hydrogens (tertiary/aromatic N) is 1. The minimum Gasteiger partial charge on any atom is -0.456 e. The SMILES string of the molecule is CC1(C)c2ccccc2-c2ccc(N(c3ccccc3)c3ccc4c(c3)oc3cc(-c5cccc(C6(c7ccccc7)c7ccccc7-c7ccccc76)c5)ccc34)cc21. The van der Waals surface area contributed by atoms with Crippen molar-refractivity contribution in [3.05, 3.63) is 246 Å². The normalized spacial score (nSPS) is 14.1. The molecule has 284 valence electrons. The van der Waals surface area contributed by atoms with Crippen LogP contribution in [0.2, 0.25) is 0 Å². The van der Waals surface area contributed by atoms with Crippen LogP contribution in [0.15, 0.2) is 217 Å². The summed E-state index contributed by atoms with van der Waals surface area (Å²) in [6.07, 6.45) is 0. The average molecular weight is 768 g/mol. The Morgan fingerprint density at radius 3 is 1.58 bits per heavy atom. The molecule has 1 heterocycles. The molecule has 2 aliphatic carbocycles. The monoisotopic (exact) mass is 767 g/mol. The van der Waals surface area contributed by atoms with Gasteiger partial charge in [0.25, 0.3) is 0 Å². The first-order valence-corrected chi connectivity index (χ1v) is 20.9. The maximum absolute atomic E-state index is 6.81. The molecule has 0 amide bonds. The molecule has 0 saturated carbocycles. The highest BCUT2D eigenvalue weighted by atomic mass is 16.3. The van der Waals surface area contributed by atoms with Crippen molar-refractivity contribution >= 4 is 39.0 Å². The van der Waals surface area contributed by atoms with Crippen molar-refractivity contribution in [3.8, 4) is 33.4 Å². The summed E-state index contributed by atoms with van der Waals surface area (Å²) in [5.41, 5.74) is 19.9. The van der Waals surface area contributed by atoms with Gasteiger partial charge < -0.3 is 9.32 Å². The number of para-hydroxylation sites is 1. The molecule has 0 aliphatic heterocycles. The maximum Gasteiger partial charge on any atom is 0.137 e. The molecule has 60 heavy (non-hydrogen) atoms. The highest BCUT2D eigenvalue weighted by Gasteiger charge is 2.46. The summed E-state index contributed by atoms with van der Waals surface area (Å²) >= 11 is 0. The molecule has 0 unspecified atom stereocenters. The number of fused-ring (bicyclic) bond motifs is 9. The standard InChI is InChI=1S/C58H41NO/c1-57(2)51-25-12-9-22-45(51)48-32-29-43(36-54(48)57)59(42-20-7-4-8-21-42)44-30-33-50-49-31-28-39(35-55(49)60-56(50)37-44)38-16-15-19-41(34-38)58(40-17-5-3-6-18-40)52-26-13-10-23-46(52)47-24-11-14-27-53(47)58/h3-37H,1-2H3. The molecular formula is C58H41NO. The van der Waals surface area contributed by atoms with Crippen LogP contribution in [0.5, 0.6) is 0 Å². The van der Waals surface area contributed by atoms with Crippen LogP contribution in [-0.4, -0.2) is 0 Å². The van der Waals surface area contributed by atoms with Crippen molar-refractivity contribution in [1.29, 1.82) is 0 Å². The van der Waals surface area contributed by atoms with Gasteiger partial charge in [-0.2, -0.15) is 0 Å². The van der Waals surface area contributed by atoms with E-state index >= 15 is 0 Å². The summed E-state index contributed by atoms with van der Waals surface area (Å²) in [6, 6.07) is 77.8. The average Bonchev–Trinajstić information content (AvgIpc) is 3.90. The van der Waals surface area contributed by atoms with Gasteiger partial charge in [0.05, 0.1) is 5.41 Å². The molecule has 0 fully saturated rings. The summed E-state index contributed by atoms with van der Waals surface area (Å²) in [6.45, 7) is 4.68. The summed E-state index contributed by atoms with van der Waals surface area (Å²) in [7, 11) is 0. The zero-order chi connectivity index (χ0) is 40.0. The predicted octanol–water partition coefficient (Wildman–Crippen LogP) is 15.4. The maximum atomic E-state index is 6.81. The first-order chi connectivity index (χ1) is 29.5. The Morgan fingerprint density at radius 2 is 0.867 bits per heavy atom. The van der Waals surface area contributed by atoms with Crippen LogP contribution in [0.1, 0.15) is 47.2 Å². The van der Waals surface area contributed by atoms with Crippen molar-refractivity contribution in [2.75, 3.05) is 4.90 Å². The highest BCUT2D eigenvalue weighted by molar-refractivity contribution is 6.07. The predicted molar refractivity (Wildman–Crippen MR) is 249 cm³/mol. The first kappa shape index (κ1) is 34.6. The number of hydrogen-bond acceptors (Lipinski definition) is 2. The molecule has 2 heteroatoms. The van der Waals surface area contributed by atoms with E-state index in [2.05, 4.69) is 231 Å². The van der Waals surface area contributed by atoms with E-state index in [0.29, 0.717) is 0 Å². The Labute approximate surface area is 350 Å². The van der Waals surface area contributed by atoms with E-state index in [1.165, 1.54) is 55.6 Å². The van der Waals surface area contributed by atoms with E-state index in [9.17, 15) is 0 Å². The summed E-state index contributed by atoms with van der Waals surface area (Å²) in [5, 5.41) is 2.22. The van der Waals surface area contributed by atoms with Crippen molar-refractivity contribution in [2.24, 2.45) is 0 Å². The van der Waals surface area contributed by atoms with Crippen LogP contribution in [0, 0.1) is 0 Å². The number of rotatable bonds is 6. The second-order valence-electron chi connectivity index (χ2n) is 16.9. The van der Waals surface area contributed by atoms with Crippen molar-refractivity contribution in [3.63, 3.8) is 0 Å². The number of benzene rings is 9. The molecular weight excluding hydrogens is 727 g/mol. The van der Waals surface area contributed by atoms with Gasteiger partial charge in [-0.05, 0) is 121 Å². The fourth-order valence-electron chi connectivity index (χ4n) is 10.6. The zero-order valence-corrected chi connectivity index (χ0v) is 33.6. The van der Waals surface area contributed by atoms with Crippen molar-refractivity contribution in [1.82, 2.24) is 0 Å². The molecule has 0 spiro atoms. The molecule has 0 atom stereocenters. The molecule has 0 N–H and O–H groups in total. The molecule has 0 saturated heterocycles. The number of furan rings is 1. The zero-order valence-electron chi connectivity index (χ0n) is 33.6. The Kier molecular flexibility index (Phi) is 7.52. The Hall–Kier alpha value is -7.42. The third-order valence-corrected chi connectivity index (χ3v) is 13.3. The second-order valence-corrected chi connectivity index (χ2v) is 16.9. The Balaban J connectivity index is 0.966. The van der Waals surface area contributed by atoms with Gasteiger partial charge in [0.2, 0.25) is 0 Å². The van der Waals surface area contributed by atoms with Crippen LogP contribution in [0.25, 0.3) is 55.3 Å². The van der Waals surface area contributed by atoms with Gasteiger partial charge >= 0.3 is 0 Å². The molecule has 12 rings (SSSR count).